The molecule has 0 saturated heterocycles. The SMILES string of the molecule is CCCCC[C@]1(C#N)CC[C@@H](C2(C3CCCCC3)CCCCC2)CC1. The quantitative estimate of drug-likeness (QED) is 0.451. The van der Waals surface area contributed by atoms with Gasteiger partial charge in [-0.15, -0.1) is 0 Å². The summed E-state index contributed by atoms with van der Waals surface area (Å²) in [4.78, 5) is 0. The van der Waals surface area contributed by atoms with Crippen LogP contribution in [0.25, 0.3) is 0 Å². The Balaban J connectivity index is 1.66. The van der Waals surface area contributed by atoms with Crippen LogP contribution >= 0.6 is 0 Å². The number of hydrogen-bond acceptors (Lipinski definition) is 1. The fourth-order valence-electron chi connectivity index (χ4n) is 6.91. The number of hydrogen-bond donors (Lipinski definition) is 0. The van der Waals surface area contributed by atoms with Crippen molar-refractivity contribution in [1.29, 1.82) is 5.26 Å². The Labute approximate surface area is 157 Å². The molecule has 0 aliphatic heterocycles. The van der Waals surface area contributed by atoms with Crippen molar-refractivity contribution >= 4 is 0 Å². The first-order valence-corrected chi connectivity index (χ1v) is 11.7. The van der Waals surface area contributed by atoms with Crippen LogP contribution in [-0.4, -0.2) is 0 Å². The van der Waals surface area contributed by atoms with Crippen molar-refractivity contribution in [3.05, 3.63) is 0 Å². The molecule has 0 aromatic rings. The van der Waals surface area contributed by atoms with E-state index in [1.165, 1.54) is 116 Å². The Morgan fingerprint density at radius 1 is 0.760 bits per heavy atom. The van der Waals surface area contributed by atoms with Gasteiger partial charge >= 0.3 is 0 Å². The molecule has 0 spiro atoms. The molecule has 0 atom stereocenters. The topological polar surface area (TPSA) is 23.8 Å². The maximum Gasteiger partial charge on any atom is 0.0689 e. The van der Waals surface area contributed by atoms with E-state index in [9.17, 15) is 5.26 Å². The highest BCUT2D eigenvalue weighted by Crippen LogP contribution is 2.58. The van der Waals surface area contributed by atoms with Crippen molar-refractivity contribution in [3.63, 3.8) is 0 Å². The first-order chi connectivity index (χ1) is 12.2. The molecule has 0 bridgehead atoms. The monoisotopic (exact) mass is 343 g/mol. The molecule has 3 aliphatic rings. The van der Waals surface area contributed by atoms with Crippen LogP contribution in [0, 0.1) is 34.0 Å². The lowest BCUT2D eigenvalue weighted by Crippen LogP contribution is -2.43. The van der Waals surface area contributed by atoms with E-state index in [0.717, 1.165) is 11.8 Å². The molecule has 3 fully saturated rings. The van der Waals surface area contributed by atoms with E-state index in [1.807, 2.05) is 0 Å². The van der Waals surface area contributed by atoms with Gasteiger partial charge in [0.05, 0.1) is 11.5 Å². The standard InChI is InChI=1S/C24H41N/c1-2-3-8-15-23(20-25)18-13-22(14-19-23)24(16-9-5-10-17-24)21-11-6-4-7-12-21/h21-22H,2-19H2,1H3/t22-,23+. The minimum absolute atomic E-state index is 0.0358. The van der Waals surface area contributed by atoms with Gasteiger partial charge in [0.25, 0.3) is 0 Å². The summed E-state index contributed by atoms with van der Waals surface area (Å²) in [6.07, 6.45) is 25.0. The van der Waals surface area contributed by atoms with Gasteiger partial charge in [-0.2, -0.15) is 5.26 Å². The van der Waals surface area contributed by atoms with Gasteiger partial charge in [0.15, 0.2) is 0 Å². The van der Waals surface area contributed by atoms with E-state index < -0.39 is 0 Å². The lowest BCUT2D eigenvalue weighted by molar-refractivity contribution is -0.0263. The molecule has 0 aromatic heterocycles. The van der Waals surface area contributed by atoms with Gasteiger partial charge in [-0.25, -0.2) is 0 Å². The summed E-state index contributed by atoms with van der Waals surface area (Å²) >= 11 is 0. The van der Waals surface area contributed by atoms with Crippen LogP contribution in [0.5, 0.6) is 0 Å². The molecular weight excluding hydrogens is 302 g/mol. The Morgan fingerprint density at radius 3 is 1.96 bits per heavy atom. The van der Waals surface area contributed by atoms with Gasteiger partial charge in [-0.3, -0.25) is 0 Å². The molecule has 0 N–H and O–H groups in total. The molecule has 0 heterocycles. The molecule has 0 unspecified atom stereocenters. The highest BCUT2D eigenvalue weighted by Gasteiger charge is 2.48. The molecule has 3 rings (SSSR count). The highest BCUT2D eigenvalue weighted by atomic mass is 14.5. The van der Waals surface area contributed by atoms with Crippen molar-refractivity contribution in [2.24, 2.45) is 22.7 Å². The lowest BCUT2D eigenvalue weighted by Gasteiger charge is -2.53. The summed E-state index contributed by atoms with van der Waals surface area (Å²) in [7, 11) is 0. The van der Waals surface area contributed by atoms with Crippen LogP contribution in [0.4, 0.5) is 0 Å². The van der Waals surface area contributed by atoms with Gasteiger partial charge in [0, 0.05) is 0 Å². The van der Waals surface area contributed by atoms with Gasteiger partial charge in [-0.1, -0.05) is 64.7 Å². The molecule has 0 radical (unpaired) electrons. The molecular formula is C24H41N. The molecule has 142 valence electrons. The summed E-state index contributed by atoms with van der Waals surface area (Å²) in [6, 6.07) is 2.79. The molecule has 0 amide bonds. The number of nitrogens with zero attached hydrogens (tertiary/aromatic N) is 1. The summed E-state index contributed by atoms with van der Waals surface area (Å²) in [5, 5.41) is 9.90. The second-order valence-electron chi connectivity index (χ2n) is 9.75. The van der Waals surface area contributed by atoms with Crippen LogP contribution in [-0.2, 0) is 0 Å². The van der Waals surface area contributed by atoms with Crippen LogP contribution in [0.3, 0.4) is 0 Å². The third kappa shape index (κ3) is 4.26. The van der Waals surface area contributed by atoms with Crippen molar-refractivity contribution in [3.8, 4) is 6.07 Å². The lowest BCUT2D eigenvalue weighted by atomic mass is 9.51. The Bertz CT molecular complexity index is 426. The second kappa shape index (κ2) is 8.92. The zero-order valence-electron chi connectivity index (χ0n) is 16.8. The maximum absolute atomic E-state index is 9.90. The highest BCUT2D eigenvalue weighted by molar-refractivity contribution is 5.05. The first kappa shape index (κ1) is 19.3. The van der Waals surface area contributed by atoms with Crippen LogP contribution in [0.15, 0.2) is 0 Å². The predicted octanol–water partition coefficient (Wildman–Crippen LogP) is 7.80. The summed E-state index contributed by atoms with van der Waals surface area (Å²) in [5.41, 5.74) is 0.706. The first-order valence-electron chi connectivity index (χ1n) is 11.7. The molecule has 1 nitrogen and oxygen atoms in total. The van der Waals surface area contributed by atoms with E-state index in [1.54, 1.807) is 0 Å². The van der Waals surface area contributed by atoms with Crippen molar-refractivity contribution in [2.45, 2.75) is 122 Å². The van der Waals surface area contributed by atoms with E-state index in [-0.39, 0.29) is 5.41 Å². The van der Waals surface area contributed by atoms with Crippen molar-refractivity contribution in [2.75, 3.05) is 0 Å². The molecule has 0 aromatic carbocycles. The fraction of sp³-hybridized carbons (Fsp3) is 0.958. The Morgan fingerprint density at radius 2 is 1.36 bits per heavy atom. The van der Waals surface area contributed by atoms with E-state index in [2.05, 4.69) is 13.0 Å². The largest absolute Gasteiger partial charge is 0.198 e. The number of unbranched alkanes of at least 4 members (excludes halogenated alkanes) is 2. The van der Waals surface area contributed by atoms with E-state index in [4.69, 9.17) is 0 Å². The van der Waals surface area contributed by atoms with Gasteiger partial charge < -0.3 is 0 Å². The zero-order valence-corrected chi connectivity index (χ0v) is 16.8. The molecule has 3 saturated carbocycles. The van der Waals surface area contributed by atoms with Crippen LogP contribution < -0.4 is 0 Å². The normalized spacial score (nSPS) is 33.7. The van der Waals surface area contributed by atoms with E-state index in [0.29, 0.717) is 5.41 Å². The average molecular weight is 344 g/mol. The average Bonchev–Trinajstić information content (AvgIpc) is 2.70. The summed E-state index contributed by atoms with van der Waals surface area (Å²) < 4.78 is 0. The van der Waals surface area contributed by atoms with Gasteiger partial charge in [0.2, 0.25) is 0 Å². The van der Waals surface area contributed by atoms with Gasteiger partial charge in [0.1, 0.15) is 0 Å². The molecule has 3 aliphatic carbocycles. The fourth-order valence-corrected chi connectivity index (χ4v) is 6.91. The third-order valence-corrected chi connectivity index (χ3v) is 8.45. The minimum atomic E-state index is 0.0358. The van der Waals surface area contributed by atoms with Crippen LogP contribution in [0.1, 0.15) is 122 Å². The second-order valence-corrected chi connectivity index (χ2v) is 9.75. The van der Waals surface area contributed by atoms with Crippen molar-refractivity contribution < 1.29 is 0 Å². The summed E-state index contributed by atoms with van der Waals surface area (Å²) in [6.45, 7) is 2.27. The number of nitriles is 1. The Hall–Kier alpha value is -0.510. The molecule has 25 heavy (non-hydrogen) atoms. The van der Waals surface area contributed by atoms with Crippen LogP contribution in [0.2, 0.25) is 0 Å². The minimum Gasteiger partial charge on any atom is -0.198 e. The zero-order chi connectivity index (χ0) is 17.6. The van der Waals surface area contributed by atoms with E-state index >= 15 is 0 Å². The number of rotatable bonds is 6. The molecule has 1 heteroatoms. The van der Waals surface area contributed by atoms with Gasteiger partial charge in [-0.05, 0) is 75.0 Å². The predicted molar refractivity (Wildman–Crippen MR) is 106 cm³/mol. The summed E-state index contributed by atoms with van der Waals surface area (Å²) in [5.74, 6) is 1.95. The third-order valence-electron chi connectivity index (χ3n) is 8.45. The Kier molecular flexibility index (Phi) is 6.87. The maximum atomic E-state index is 9.90. The smallest absolute Gasteiger partial charge is 0.0689 e. The van der Waals surface area contributed by atoms with Crippen molar-refractivity contribution in [1.82, 2.24) is 0 Å².